The lowest BCUT2D eigenvalue weighted by Crippen LogP contribution is -2.23. The molecule has 0 saturated carbocycles. The van der Waals surface area contributed by atoms with Gasteiger partial charge in [0.1, 0.15) is 17.1 Å². The molecule has 2 aromatic carbocycles. The minimum Gasteiger partial charge on any atom is -0.497 e. The second-order valence-electron chi connectivity index (χ2n) is 6.61. The van der Waals surface area contributed by atoms with E-state index in [0.29, 0.717) is 28.2 Å². The molecule has 4 aromatic rings. The number of aryl methyl sites for hydroxylation is 2. The zero-order valence-electron chi connectivity index (χ0n) is 16.1. The summed E-state index contributed by atoms with van der Waals surface area (Å²) in [7, 11) is 3.10. The standard InChI is InChI=1S/C21H18N4O4/c1-12-23-18-9-4-13(19(26)17-11-22-24(2)20(17)27)10-16(18)21(28)25(12)14-5-7-15(29-3)8-6-14/h4-11,22H,1-3H3. The van der Waals surface area contributed by atoms with Gasteiger partial charge in [-0.3, -0.25) is 23.6 Å². The molecule has 0 bridgehead atoms. The summed E-state index contributed by atoms with van der Waals surface area (Å²) in [4.78, 5) is 42.5. The molecular weight excluding hydrogens is 372 g/mol. The molecular formula is C21H18N4O4. The monoisotopic (exact) mass is 390 g/mol. The number of carbonyl (C=O) groups excluding carboxylic acids is 1. The number of carbonyl (C=O) groups is 1. The Morgan fingerprint density at radius 2 is 1.79 bits per heavy atom. The molecule has 0 aliphatic rings. The third-order valence-electron chi connectivity index (χ3n) is 4.81. The fraction of sp³-hybridized carbons (Fsp3) is 0.143. The average Bonchev–Trinajstić information content (AvgIpc) is 3.06. The summed E-state index contributed by atoms with van der Waals surface area (Å²) in [6, 6.07) is 11.7. The van der Waals surface area contributed by atoms with Gasteiger partial charge in [-0.2, -0.15) is 0 Å². The number of ketones is 1. The van der Waals surface area contributed by atoms with E-state index in [1.807, 2.05) is 0 Å². The fourth-order valence-corrected chi connectivity index (χ4v) is 3.25. The molecule has 0 radical (unpaired) electrons. The molecule has 0 saturated heterocycles. The molecule has 0 aliphatic heterocycles. The number of hydrogen-bond acceptors (Lipinski definition) is 5. The van der Waals surface area contributed by atoms with Crippen molar-refractivity contribution in [3.05, 3.63) is 86.3 Å². The van der Waals surface area contributed by atoms with Crippen molar-refractivity contribution in [2.45, 2.75) is 6.92 Å². The first-order valence-corrected chi connectivity index (χ1v) is 8.87. The Hall–Kier alpha value is -3.94. The van der Waals surface area contributed by atoms with Gasteiger partial charge in [0.2, 0.25) is 0 Å². The SMILES string of the molecule is COc1ccc(-n2c(C)nc3ccc(C(=O)c4c[nH]n(C)c4=O)cc3c2=O)cc1. The van der Waals surface area contributed by atoms with Crippen molar-refractivity contribution in [3.8, 4) is 11.4 Å². The third kappa shape index (κ3) is 3.04. The van der Waals surface area contributed by atoms with Gasteiger partial charge in [0.15, 0.2) is 5.78 Å². The van der Waals surface area contributed by atoms with Crippen LogP contribution in [0.5, 0.6) is 5.75 Å². The van der Waals surface area contributed by atoms with Crippen molar-refractivity contribution >= 4 is 16.7 Å². The topological polar surface area (TPSA) is 99.0 Å². The summed E-state index contributed by atoms with van der Waals surface area (Å²) in [6.07, 6.45) is 1.36. The summed E-state index contributed by atoms with van der Waals surface area (Å²) in [5.41, 5.74) is 0.664. The van der Waals surface area contributed by atoms with Crippen molar-refractivity contribution in [1.82, 2.24) is 19.3 Å². The van der Waals surface area contributed by atoms with Crippen molar-refractivity contribution in [2.24, 2.45) is 7.05 Å². The van der Waals surface area contributed by atoms with Gasteiger partial charge >= 0.3 is 0 Å². The molecule has 2 aromatic heterocycles. The predicted molar refractivity (Wildman–Crippen MR) is 108 cm³/mol. The molecule has 0 spiro atoms. The lowest BCUT2D eigenvalue weighted by Gasteiger charge is -2.12. The van der Waals surface area contributed by atoms with E-state index in [0.717, 1.165) is 0 Å². The van der Waals surface area contributed by atoms with Gasteiger partial charge < -0.3 is 9.84 Å². The lowest BCUT2D eigenvalue weighted by atomic mass is 10.0. The van der Waals surface area contributed by atoms with Gasteiger partial charge in [0.05, 0.1) is 23.7 Å². The first kappa shape index (κ1) is 18.4. The molecule has 1 N–H and O–H groups in total. The van der Waals surface area contributed by atoms with Crippen LogP contribution in [0.1, 0.15) is 21.7 Å². The highest BCUT2D eigenvalue weighted by atomic mass is 16.5. The Labute approximate surface area is 165 Å². The highest BCUT2D eigenvalue weighted by Crippen LogP contribution is 2.18. The second-order valence-corrected chi connectivity index (χ2v) is 6.61. The molecule has 2 heterocycles. The first-order valence-electron chi connectivity index (χ1n) is 8.87. The fourth-order valence-electron chi connectivity index (χ4n) is 3.25. The van der Waals surface area contributed by atoms with E-state index in [9.17, 15) is 14.4 Å². The minimum atomic E-state index is -0.454. The molecule has 0 aliphatic carbocycles. The van der Waals surface area contributed by atoms with Gasteiger partial charge in [-0.1, -0.05) is 0 Å². The quantitative estimate of drug-likeness (QED) is 0.537. The summed E-state index contributed by atoms with van der Waals surface area (Å²) in [6.45, 7) is 1.74. The number of hydrogen-bond donors (Lipinski definition) is 1. The van der Waals surface area contributed by atoms with Gasteiger partial charge in [-0.25, -0.2) is 4.98 Å². The number of nitrogens with zero attached hydrogens (tertiary/aromatic N) is 3. The molecule has 0 unspecified atom stereocenters. The van der Waals surface area contributed by atoms with Crippen LogP contribution in [0.4, 0.5) is 0 Å². The molecule has 8 heteroatoms. The molecule has 29 heavy (non-hydrogen) atoms. The van der Waals surface area contributed by atoms with E-state index in [1.165, 1.54) is 28.6 Å². The highest BCUT2D eigenvalue weighted by Gasteiger charge is 2.18. The molecule has 4 rings (SSSR count). The predicted octanol–water partition coefficient (Wildman–Crippen LogP) is 1.96. The van der Waals surface area contributed by atoms with Crippen molar-refractivity contribution < 1.29 is 9.53 Å². The van der Waals surface area contributed by atoms with Crippen LogP contribution in [0.3, 0.4) is 0 Å². The molecule has 146 valence electrons. The Kier molecular flexibility index (Phi) is 4.38. The number of H-pyrrole nitrogens is 1. The largest absolute Gasteiger partial charge is 0.497 e. The summed E-state index contributed by atoms with van der Waals surface area (Å²) >= 11 is 0. The van der Waals surface area contributed by atoms with Crippen LogP contribution in [0.25, 0.3) is 16.6 Å². The van der Waals surface area contributed by atoms with E-state index < -0.39 is 11.3 Å². The van der Waals surface area contributed by atoms with Gasteiger partial charge in [0, 0.05) is 18.8 Å². The van der Waals surface area contributed by atoms with Crippen molar-refractivity contribution in [1.29, 1.82) is 0 Å². The van der Waals surface area contributed by atoms with Crippen LogP contribution < -0.4 is 15.9 Å². The molecule has 8 nitrogen and oxygen atoms in total. The van der Waals surface area contributed by atoms with E-state index in [2.05, 4.69) is 10.1 Å². The Morgan fingerprint density at radius 1 is 1.07 bits per heavy atom. The molecule has 0 amide bonds. The Morgan fingerprint density at radius 3 is 2.41 bits per heavy atom. The zero-order valence-corrected chi connectivity index (χ0v) is 16.1. The Bertz CT molecular complexity index is 1360. The number of nitrogens with one attached hydrogen (secondary N) is 1. The van der Waals surface area contributed by atoms with Crippen LogP contribution in [-0.2, 0) is 7.05 Å². The number of methoxy groups -OCH3 is 1. The van der Waals surface area contributed by atoms with Gasteiger partial charge in [-0.05, 0) is 49.4 Å². The van der Waals surface area contributed by atoms with E-state index >= 15 is 0 Å². The minimum absolute atomic E-state index is 0.0161. The smallest absolute Gasteiger partial charge is 0.277 e. The second kappa shape index (κ2) is 6.90. The number of aromatic nitrogens is 4. The first-order chi connectivity index (χ1) is 13.9. The maximum atomic E-state index is 13.2. The van der Waals surface area contributed by atoms with Crippen LogP contribution in [0.15, 0.2) is 58.3 Å². The van der Waals surface area contributed by atoms with Crippen molar-refractivity contribution in [3.63, 3.8) is 0 Å². The number of rotatable bonds is 4. The third-order valence-corrected chi connectivity index (χ3v) is 4.81. The molecule has 0 atom stereocenters. The van der Waals surface area contributed by atoms with E-state index in [-0.39, 0.29) is 16.7 Å². The van der Waals surface area contributed by atoms with E-state index in [1.54, 1.807) is 50.4 Å². The Balaban J connectivity index is 1.88. The maximum Gasteiger partial charge on any atom is 0.277 e. The van der Waals surface area contributed by atoms with Crippen LogP contribution >= 0.6 is 0 Å². The summed E-state index contributed by atoms with van der Waals surface area (Å²) in [5, 5.41) is 2.97. The van der Waals surface area contributed by atoms with Gasteiger partial charge in [-0.15, -0.1) is 0 Å². The number of aromatic amines is 1. The lowest BCUT2D eigenvalue weighted by molar-refractivity contribution is 0.103. The van der Waals surface area contributed by atoms with Gasteiger partial charge in [0.25, 0.3) is 11.1 Å². The summed E-state index contributed by atoms with van der Waals surface area (Å²) < 4.78 is 7.86. The van der Waals surface area contributed by atoms with Crippen molar-refractivity contribution in [2.75, 3.05) is 7.11 Å². The average molecular weight is 390 g/mol. The maximum absolute atomic E-state index is 13.2. The van der Waals surface area contributed by atoms with Crippen LogP contribution in [0.2, 0.25) is 0 Å². The van der Waals surface area contributed by atoms with E-state index in [4.69, 9.17) is 4.74 Å². The number of ether oxygens (including phenoxy) is 1. The number of fused-ring (bicyclic) bond motifs is 1. The normalized spacial score (nSPS) is 11.0. The summed E-state index contributed by atoms with van der Waals surface area (Å²) in [5.74, 6) is 0.741. The zero-order chi connectivity index (χ0) is 20.7. The molecule has 0 fully saturated rings. The van der Waals surface area contributed by atoms with Crippen LogP contribution in [0, 0.1) is 6.92 Å². The number of benzene rings is 2. The highest BCUT2D eigenvalue weighted by molar-refractivity contribution is 6.10. The van der Waals surface area contributed by atoms with Crippen LogP contribution in [-0.4, -0.2) is 32.2 Å².